The van der Waals surface area contributed by atoms with Gasteiger partial charge in [0.15, 0.2) is 26.3 Å². The molecule has 0 atom stereocenters. The number of aromatic nitrogens is 2. The van der Waals surface area contributed by atoms with E-state index in [1.807, 2.05) is 6.07 Å². The minimum Gasteiger partial charge on any atom is -0.440 e. The summed E-state index contributed by atoms with van der Waals surface area (Å²) >= 11 is 12.1. The van der Waals surface area contributed by atoms with Gasteiger partial charge in [0.1, 0.15) is 5.52 Å². The standard InChI is InChI=1S/C21H19Cl2N3O4S/c1-31(28,29)18-5-14(15(23)10-24-18)19(27)25-13-8-21(9-13)6-11(7-21)20-26-16-4-12(22)2-3-17(16)30-20/h2-5,10-11,13H,6-9H2,1H3,(H,25,27). The number of nitrogens with zero attached hydrogens (tertiary/aromatic N) is 2. The molecule has 1 spiro atoms. The lowest BCUT2D eigenvalue weighted by Crippen LogP contribution is -2.55. The van der Waals surface area contributed by atoms with E-state index in [4.69, 9.17) is 27.6 Å². The number of amides is 1. The first-order chi connectivity index (χ1) is 14.6. The highest BCUT2D eigenvalue weighted by molar-refractivity contribution is 7.90. The molecule has 2 heterocycles. The third kappa shape index (κ3) is 3.81. The number of hydrogen-bond donors (Lipinski definition) is 1. The van der Waals surface area contributed by atoms with Crippen LogP contribution < -0.4 is 5.32 Å². The third-order valence-electron chi connectivity index (χ3n) is 6.22. The highest BCUT2D eigenvalue weighted by Crippen LogP contribution is 2.61. The lowest BCUT2D eigenvalue weighted by molar-refractivity contribution is -0.0253. The third-order valence-corrected chi connectivity index (χ3v) is 7.74. The molecule has 1 aromatic carbocycles. The van der Waals surface area contributed by atoms with E-state index in [-0.39, 0.29) is 38.9 Å². The minimum atomic E-state index is -3.53. The predicted molar refractivity (Wildman–Crippen MR) is 116 cm³/mol. The van der Waals surface area contributed by atoms with Crippen molar-refractivity contribution >= 4 is 50.0 Å². The zero-order valence-corrected chi connectivity index (χ0v) is 18.9. The van der Waals surface area contributed by atoms with E-state index in [1.165, 1.54) is 12.3 Å². The van der Waals surface area contributed by atoms with E-state index in [0.29, 0.717) is 5.02 Å². The van der Waals surface area contributed by atoms with Crippen molar-refractivity contribution in [2.75, 3.05) is 6.26 Å². The number of fused-ring (bicyclic) bond motifs is 1. The first kappa shape index (κ1) is 20.7. The molecular weight excluding hydrogens is 461 g/mol. The smallest absolute Gasteiger partial charge is 0.253 e. The van der Waals surface area contributed by atoms with E-state index < -0.39 is 9.84 Å². The number of sulfone groups is 1. The van der Waals surface area contributed by atoms with E-state index >= 15 is 0 Å². The van der Waals surface area contributed by atoms with Gasteiger partial charge in [-0.05, 0) is 55.4 Å². The van der Waals surface area contributed by atoms with Crippen LogP contribution in [0.15, 0.2) is 39.9 Å². The molecule has 5 rings (SSSR count). The maximum atomic E-state index is 12.6. The Morgan fingerprint density at radius 2 is 1.94 bits per heavy atom. The monoisotopic (exact) mass is 479 g/mol. The van der Waals surface area contributed by atoms with Crippen LogP contribution >= 0.6 is 23.2 Å². The molecule has 2 aromatic heterocycles. The Hall–Kier alpha value is -2.16. The van der Waals surface area contributed by atoms with Gasteiger partial charge in [0, 0.05) is 29.4 Å². The largest absolute Gasteiger partial charge is 0.440 e. The highest BCUT2D eigenvalue weighted by Gasteiger charge is 2.54. The Kier molecular flexibility index (Phi) is 4.80. The summed E-state index contributed by atoms with van der Waals surface area (Å²) < 4.78 is 29.3. The normalized spacial score (nSPS) is 25.3. The lowest BCUT2D eigenvalue weighted by Gasteiger charge is -2.57. The molecule has 3 aromatic rings. The molecule has 0 unspecified atom stereocenters. The molecule has 2 fully saturated rings. The molecule has 0 saturated heterocycles. The van der Waals surface area contributed by atoms with Crippen LogP contribution in [0.5, 0.6) is 0 Å². The number of oxazole rings is 1. The van der Waals surface area contributed by atoms with Crippen LogP contribution in [0.3, 0.4) is 0 Å². The molecular formula is C21H19Cl2N3O4S. The fourth-order valence-electron chi connectivity index (χ4n) is 4.73. The van der Waals surface area contributed by atoms with Crippen LogP contribution in [0.4, 0.5) is 0 Å². The Balaban J connectivity index is 1.20. The van der Waals surface area contributed by atoms with Crippen LogP contribution in [-0.2, 0) is 9.84 Å². The summed E-state index contributed by atoms with van der Waals surface area (Å²) in [6, 6.07) is 6.67. The van der Waals surface area contributed by atoms with Gasteiger partial charge in [-0.25, -0.2) is 18.4 Å². The number of hydrogen-bond acceptors (Lipinski definition) is 6. The molecule has 0 bridgehead atoms. The fraction of sp³-hybridized carbons (Fsp3) is 0.381. The summed E-state index contributed by atoms with van der Waals surface area (Å²) in [6.45, 7) is 0. The summed E-state index contributed by atoms with van der Waals surface area (Å²) in [5.41, 5.74) is 1.82. The Morgan fingerprint density at radius 3 is 2.65 bits per heavy atom. The van der Waals surface area contributed by atoms with Gasteiger partial charge in [0.2, 0.25) is 0 Å². The van der Waals surface area contributed by atoms with Gasteiger partial charge in [-0.2, -0.15) is 0 Å². The summed E-state index contributed by atoms with van der Waals surface area (Å²) in [7, 11) is -3.53. The highest BCUT2D eigenvalue weighted by atomic mass is 35.5. The van der Waals surface area contributed by atoms with Crippen molar-refractivity contribution in [2.24, 2.45) is 5.41 Å². The molecule has 7 nitrogen and oxygen atoms in total. The summed E-state index contributed by atoms with van der Waals surface area (Å²) in [6.07, 6.45) is 5.90. The van der Waals surface area contributed by atoms with Crippen LogP contribution in [-0.4, -0.2) is 36.6 Å². The first-order valence-corrected chi connectivity index (χ1v) is 12.5. The minimum absolute atomic E-state index is 0.0294. The zero-order chi connectivity index (χ0) is 22.0. The zero-order valence-electron chi connectivity index (χ0n) is 16.6. The number of benzene rings is 1. The van der Waals surface area contributed by atoms with E-state index in [9.17, 15) is 13.2 Å². The van der Waals surface area contributed by atoms with Gasteiger partial charge in [-0.3, -0.25) is 4.79 Å². The van der Waals surface area contributed by atoms with Gasteiger partial charge in [-0.1, -0.05) is 23.2 Å². The molecule has 1 amide bonds. The van der Waals surface area contributed by atoms with Crippen LogP contribution in [0.1, 0.15) is 47.8 Å². The van der Waals surface area contributed by atoms with E-state index in [1.54, 1.807) is 12.1 Å². The Bertz CT molecular complexity index is 1310. The first-order valence-electron chi connectivity index (χ1n) is 9.84. The summed E-state index contributed by atoms with van der Waals surface area (Å²) in [5, 5.41) is 3.54. The van der Waals surface area contributed by atoms with Crippen LogP contribution in [0, 0.1) is 5.41 Å². The van der Waals surface area contributed by atoms with Crippen molar-refractivity contribution in [1.82, 2.24) is 15.3 Å². The summed E-state index contributed by atoms with van der Waals surface area (Å²) in [5.74, 6) is 0.630. The van der Waals surface area contributed by atoms with Crippen LogP contribution in [0.2, 0.25) is 10.0 Å². The SMILES string of the molecule is CS(=O)(=O)c1cc(C(=O)NC2CC3(C2)CC(c2nc4cc(Cl)ccc4o2)C3)c(Cl)cn1. The summed E-state index contributed by atoms with van der Waals surface area (Å²) in [4.78, 5) is 21.0. The lowest BCUT2D eigenvalue weighted by atomic mass is 9.50. The van der Waals surface area contributed by atoms with Crippen LogP contribution in [0.25, 0.3) is 11.1 Å². The van der Waals surface area contributed by atoms with Gasteiger partial charge in [0.05, 0.1) is 10.6 Å². The molecule has 31 heavy (non-hydrogen) atoms. The molecule has 1 N–H and O–H groups in total. The molecule has 0 aliphatic heterocycles. The molecule has 10 heteroatoms. The van der Waals surface area contributed by atoms with Crippen molar-refractivity contribution in [2.45, 2.75) is 42.7 Å². The molecule has 162 valence electrons. The fourth-order valence-corrected chi connectivity index (χ4v) is 5.67. The molecule has 2 aliphatic carbocycles. The van der Waals surface area contributed by atoms with Crippen molar-refractivity contribution in [1.29, 1.82) is 0 Å². The van der Waals surface area contributed by atoms with Gasteiger partial charge >= 0.3 is 0 Å². The van der Waals surface area contributed by atoms with E-state index in [2.05, 4.69) is 15.3 Å². The maximum absolute atomic E-state index is 12.6. The quantitative estimate of drug-likeness (QED) is 0.595. The number of halogens is 2. The second kappa shape index (κ2) is 7.18. The Labute approximate surface area is 189 Å². The van der Waals surface area contributed by atoms with Crippen molar-refractivity contribution < 1.29 is 17.6 Å². The Morgan fingerprint density at radius 1 is 1.19 bits per heavy atom. The molecule has 0 radical (unpaired) electrons. The average Bonchev–Trinajstić information content (AvgIpc) is 3.04. The van der Waals surface area contributed by atoms with Gasteiger partial charge < -0.3 is 9.73 Å². The number of rotatable bonds is 4. The van der Waals surface area contributed by atoms with Crippen molar-refractivity contribution in [3.63, 3.8) is 0 Å². The predicted octanol–water partition coefficient (Wildman–Crippen LogP) is 4.39. The topological polar surface area (TPSA) is 102 Å². The second-order valence-corrected chi connectivity index (χ2v) is 11.4. The van der Waals surface area contributed by atoms with Crippen molar-refractivity contribution in [3.05, 3.63) is 52.0 Å². The van der Waals surface area contributed by atoms with Gasteiger partial charge in [0.25, 0.3) is 5.91 Å². The second-order valence-electron chi connectivity index (χ2n) is 8.62. The average molecular weight is 480 g/mol. The number of nitrogens with one attached hydrogen (secondary N) is 1. The molecule has 2 aliphatic rings. The number of pyridine rings is 1. The van der Waals surface area contributed by atoms with Gasteiger partial charge in [-0.15, -0.1) is 0 Å². The molecule has 2 saturated carbocycles. The van der Waals surface area contributed by atoms with Crippen molar-refractivity contribution in [3.8, 4) is 0 Å². The number of carbonyl (C=O) groups is 1. The van der Waals surface area contributed by atoms with E-state index in [0.717, 1.165) is 48.9 Å². The number of carbonyl (C=O) groups excluding carboxylic acids is 1. The maximum Gasteiger partial charge on any atom is 0.253 e.